The van der Waals surface area contributed by atoms with Crippen molar-refractivity contribution >= 4 is 36.5 Å². The van der Waals surface area contributed by atoms with Crippen LogP contribution in [0.2, 0.25) is 5.02 Å². The van der Waals surface area contributed by atoms with Gasteiger partial charge in [0.2, 0.25) is 5.85 Å². The second-order valence-corrected chi connectivity index (χ2v) is 8.20. The Kier molecular flexibility index (Phi) is 6.83. The molecule has 1 aromatic heterocycles. The van der Waals surface area contributed by atoms with Crippen LogP contribution in [0.25, 0.3) is 0 Å². The van der Waals surface area contributed by atoms with Crippen LogP contribution in [-0.4, -0.2) is 26.8 Å². The fourth-order valence-corrected chi connectivity index (χ4v) is 4.32. The molecule has 0 aliphatic rings. The first-order valence-corrected chi connectivity index (χ1v) is 9.68. The van der Waals surface area contributed by atoms with E-state index in [4.69, 9.17) is 30.1 Å². The summed E-state index contributed by atoms with van der Waals surface area (Å²) in [6, 6.07) is 9.97. The van der Waals surface area contributed by atoms with Crippen molar-refractivity contribution in [3.05, 3.63) is 51.7 Å². The number of hydrogen-bond acceptors (Lipinski definition) is 7. The van der Waals surface area contributed by atoms with Gasteiger partial charge in [0.15, 0.2) is 6.61 Å². The van der Waals surface area contributed by atoms with Gasteiger partial charge in [-0.1, -0.05) is 17.7 Å². The summed E-state index contributed by atoms with van der Waals surface area (Å²) in [4.78, 5) is 12.6. The summed E-state index contributed by atoms with van der Waals surface area (Å²) in [5.41, 5.74) is 0. The van der Waals surface area contributed by atoms with Gasteiger partial charge in [-0.25, -0.2) is 4.79 Å². The number of ether oxygens (including phenoxy) is 2. The van der Waals surface area contributed by atoms with Crippen LogP contribution in [-0.2, 0) is 23.1 Å². The van der Waals surface area contributed by atoms with Gasteiger partial charge in [-0.05, 0) is 35.7 Å². The van der Waals surface area contributed by atoms with E-state index in [1.54, 1.807) is 41.8 Å². The molecule has 1 atom stereocenters. The van der Waals surface area contributed by atoms with Crippen LogP contribution < -0.4 is 4.74 Å². The van der Waals surface area contributed by atoms with Gasteiger partial charge in [0.05, 0.1) is 4.88 Å². The molecule has 6 nitrogen and oxygen atoms in total. The summed E-state index contributed by atoms with van der Waals surface area (Å²) >= 11 is 7.06. The van der Waals surface area contributed by atoms with Crippen LogP contribution >= 0.6 is 30.5 Å². The molecule has 0 amide bonds. The summed E-state index contributed by atoms with van der Waals surface area (Å²) in [5.74, 6) is -1.38. The Bertz CT molecular complexity index is 695. The Hall–Kier alpha value is -1.37. The van der Waals surface area contributed by atoms with Gasteiger partial charge in [0.1, 0.15) is 5.75 Å². The standard InChI is InChI=1S/C15H16ClO6PS/c1-19-23(18,20-2)15(13-4-3-9-24-13)22-14(17)10-21-12-7-5-11(16)6-8-12/h3-9,15H,10H2,1-2H3. The molecule has 130 valence electrons. The van der Waals surface area contributed by atoms with Crippen LogP contribution in [0.5, 0.6) is 5.75 Å². The maximum absolute atomic E-state index is 12.6. The van der Waals surface area contributed by atoms with Crippen molar-refractivity contribution in [1.82, 2.24) is 0 Å². The lowest BCUT2D eigenvalue weighted by atomic mass is 10.3. The Balaban J connectivity index is 2.05. The zero-order chi connectivity index (χ0) is 17.6. The van der Waals surface area contributed by atoms with E-state index < -0.39 is 19.4 Å². The maximum Gasteiger partial charge on any atom is 0.375 e. The van der Waals surface area contributed by atoms with Gasteiger partial charge in [0, 0.05) is 19.2 Å². The minimum absolute atomic E-state index is 0.350. The zero-order valence-electron chi connectivity index (χ0n) is 13.0. The van der Waals surface area contributed by atoms with E-state index >= 15 is 0 Å². The van der Waals surface area contributed by atoms with Crippen molar-refractivity contribution in [2.75, 3.05) is 20.8 Å². The quantitative estimate of drug-likeness (QED) is 0.488. The van der Waals surface area contributed by atoms with Gasteiger partial charge >= 0.3 is 13.6 Å². The van der Waals surface area contributed by atoms with Crippen LogP contribution in [0.1, 0.15) is 10.7 Å². The molecule has 2 rings (SSSR count). The summed E-state index contributed by atoms with van der Waals surface area (Å²) in [5, 5.41) is 2.33. The third kappa shape index (κ3) is 4.82. The second kappa shape index (κ2) is 8.65. The summed E-state index contributed by atoms with van der Waals surface area (Å²) < 4.78 is 33.2. The average molecular weight is 391 g/mol. The van der Waals surface area contributed by atoms with Crippen molar-refractivity contribution < 1.29 is 27.9 Å². The SMILES string of the molecule is COP(=O)(OC)C(OC(=O)COc1ccc(Cl)cc1)c1cccs1. The molecule has 24 heavy (non-hydrogen) atoms. The Morgan fingerprint density at radius 1 is 1.21 bits per heavy atom. The van der Waals surface area contributed by atoms with Crippen molar-refractivity contribution in [3.8, 4) is 5.75 Å². The lowest BCUT2D eigenvalue weighted by Crippen LogP contribution is -2.19. The molecule has 0 bridgehead atoms. The molecule has 0 saturated carbocycles. The highest BCUT2D eigenvalue weighted by Crippen LogP contribution is 2.61. The van der Waals surface area contributed by atoms with E-state index in [1.165, 1.54) is 25.6 Å². The zero-order valence-corrected chi connectivity index (χ0v) is 15.5. The van der Waals surface area contributed by atoms with E-state index in [2.05, 4.69) is 0 Å². The number of thiophene rings is 1. The molecule has 9 heteroatoms. The molecule has 0 aliphatic carbocycles. The third-order valence-electron chi connectivity index (χ3n) is 3.00. The number of esters is 1. The molecule has 0 spiro atoms. The fraction of sp³-hybridized carbons (Fsp3) is 0.267. The van der Waals surface area contributed by atoms with Gasteiger partial charge in [-0.3, -0.25) is 4.57 Å². The molecule has 0 fully saturated rings. The average Bonchev–Trinajstić information content (AvgIpc) is 3.12. The van der Waals surface area contributed by atoms with Crippen LogP contribution in [0.3, 0.4) is 0 Å². The number of hydrogen-bond donors (Lipinski definition) is 0. The largest absolute Gasteiger partial charge is 0.482 e. The molecule has 1 heterocycles. The number of halogens is 1. The molecule has 1 aromatic carbocycles. The Morgan fingerprint density at radius 3 is 2.42 bits per heavy atom. The van der Waals surface area contributed by atoms with Crippen LogP contribution in [0.15, 0.2) is 41.8 Å². The normalized spacial score (nSPS) is 12.6. The summed E-state index contributed by atoms with van der Waals surface area (Å²) in [7, 11) is -1.16. The Morgan fingerprint density at radius 2 is 1.88 bits per heavy atom. The van der Waals surface area contributed by atoms with Crippen LogP contribution in [0, 0.1) is 0 Å². The first-order chi connectivity index (χ1) is 11.5. The van der Waals surface area contributed by atoms with E-state index in [-0.39, 0.29) is 6.61 Å². The molecule has 2 aromatic rings. The predicted octanol–water partition coefficient (Wildman–Crippen LogP) is 4.51. The van der Waals surface area contributed by atoms with Crippen molar-refractivity contribution in [2.45, 2.75) is 5.85 Å². The number of carbonyl (C=O) groups excluding carboxylic acids is 1. The van der Waals surface area contributed by atoms with Crippen molar-refractivity contribution in [2.24, 2.45) is 0 Å². The topological polar surface area (TPSA) is 71.1 Å². The smallest absolute Gasteiger partial charge is 0.375 e. The molecule has 0 aliphatic heterocycles. The minimum Gasteiger partial charge on any atom is -0.482 e. The van der Waals surface area contributed by atoms with Gasteiger partial charge in [-0.2, -0.15) is 0 Å². The summed E-state index contributed by atoms with van der Waals surface area (Å²) in [6.07, 6.45) is 0. The lowest BCUT2D eigenvalue weighted by Gasteiger charge is -2.23. The number of rotatable bonds is 8. The van der Waals surface area contributed by atoms with E-state index in [9.17, 15) is 9.36 Å². The lowest BCUT2D eigenvalue weighted by molar-refractivity contribution is -0.148. The highest BCUT2D eigenvalue weighted by molar-refractivity contribution is 7.54. The number of benzene rings is 1. The minimum atomic E-state index is -3.64. The molecular weight excluding hydrogens is 375 g/mol. The summed E-state index contributed by atoms with van der Waals surface area (Å²) in [6.45, 7) is -0.350. The predicted molar refractivity (Wildman–Crippen MR) is 91.7 cm³/mol. The molecule has 0 saturated heterocycles. The van der Waals surface area contributed by atoms with Gasteiger partial charge in [0.25, 0.3) is 0 Å². The van der Waals surface area contributed by atoms with Gasteiger partial charge in [-0.15, -0.1) is 11.3 Å². The van der Waals surface area contributed by atoms with Crippen molar-refractivity contribution in [1.29, 1.82) is 0 Å². The first kappa shape index (κ1) is 19.0. The maximum atomic E-state index is 12.6. The third-order valence-corrected chi connectivity index (χ3v) is 6.31. The highest BCUT2D eigenvalue weighted by atomic mass is 35.5. The fourth-order valence-electron chi connectivity index (χ4n) is 1.81. The molecule has 0 radical (unpaired) electrons. The second-order valence-electron chi connectivity index (χ2n) is 4.51. The van der Waals surface area contributed by atoms with Gasteiger partial charge < -0.3 is 18.5 Å². The van der Waals surface area contributed by atoms with E-state index in [1.807, 2.05) is 0 Å². The van der Waals surface area contributed by atoms with E-state index in [0.717, 1.165) is 0 Å². The van der Waals surface area contributed by atoms with Crippen LogP contribution in [0.4, 0.5) is 0 Å². The highest BCUT2D eigenvalue weighted by Gasteiger charge is 2.39. The molecule has 1 unspecified atom stereocenters. The van der Waals surface area contributed by atoms with Crippen molar-refractivity contribution in [3.63, 3.8) is 0 Å². The Labute approximate surface area is 148 Å². The van der Waals surface area contributed by atoms with E-state index in [0.29, 0.717) is 15.6 Å². The molecular formula is C15H16ClO6PS. The monoisotopic (exact) mass is 390 g/mol. The first-order valence-electron chi connectivity index (χ1n) is 6.81. The number of carbonyl (C=O) groups is 1. The molecule has 0 N–H and O–H groups in total.